The van der Waals surface area contributed by atoms with Gasteiger partial charge < -0.3 is 10.6 Å². The summed E-state index contributed by atoms with van der Waals surface area (Å²) in [4.78, 5) is 25.9. The van der Waals surface area contributed by atoms with Crippen LogP contribution in [0.5, 0.6) is 0 Å². The van der Waals surface area contributed by atoms with Crippen molar-refractivity contribution in [3.63, 3.8) is 0 Å². The average molecular weight is 368 g/mol. The summed E-state index contributed by atoms with van der Waals surface area (Å²) < 4.78 is 25.0. The van der Waals surface area contributed by atoms with Gasteiger partial charge in [0.15, 0.2) is 0 Å². The minimum atomic E-state index is -2.66. The van der Waals surface area contributed by atoms with Crippen LogP contribution in [0, 0.1) is 10.1 Å². The van der Waals surface area contributed by atoms with Crippen LogP contribution in [0.25, 0.3) is 0 Å². The molecule has 0 aliphatic rings. The van der Waals surface area contributed by atoms with E-state index >= 15 is 0 Å². The lowest BCUT2D eigenvalue weighted by Gasteiger charge is -2.10. The Hall–Kier alpha value is -2.75. The highest BCUT2D eigenvalue weighted by molar-refractivity contribution is 7.99. The quantitative estimate of drug-likeness (QED) is 0.322. The second-order valence-electron chi connectivity index (χ2n) is 4.72. The summed E-state index contributed by atoms with van der Waals surface area (Å²) in [5.74, 6) is -3.16. The van der Waals surface area contributed by atoms with E-state index in [2.05, 4.69) is 15.6 Å². The molecule has 7 nitrogen and oxygen atoms in total. The van der Waals surface area contributed by atoms with E-state index in [1.54, 1.807) is 12.1 Å². The van der Waals surface area contributed by atoms with Gasteiger partial charge in [0.2, 0.25) is 0 Å². The summed E-state index contributed by atoms with van der Waals surface area (Å²) in [6.45, 7) is 0.602. The summed E-state index contributed by atoms with van der Waals surface area (Å²) in [5, 5.41) is 16.1. The smallest absolute Gasteiger partial charge is 0.290 e. The second kappa shape index (κ2) is 8.92. The summed E-state index contributed by atoms with van der Waals surface area (Å²) >= 11 is 0.217. The molecule has 0 aliphatic heterocycles. The maximum absolute atomic E-state index is 12.5. The first-order chi connectivity index (χ1) is 12.0. The molecule has 2 rings (SSSR count). The van der Waals surface area contributed by atoms with Gasteiger partial charge in [-0.25, -0.2) is 4.98 Å². The van der Waals surface area contributed by atoms with Crippen molar-refractivity contribution in [2.24, 2.45) is 0 Å². The molecule has 1 aromatic heterocycles. The number of non-ortho nitro benzene ring substituents is 1. The van der Waals surface area contributed by atoms with E-state index in [-0.39, 0.29) is 34.6 Å². The van der Waals surface area contributed by atoms with Crippen LogP contribution in [0.1, 0.15) is 10.4 Å². The first kappa shape index (κ1) is 18.6. The van der Waals surface area contributed by atoms with Crippen LogP contribution < -0.4 is 10.6 Å². The SMILES string of the molecule is O=C(NCCNc1ccc([N+](=O)[O-])cc1)c1cccnc1SC(F)F. The van der Waals surface area contributed by atoms with Crippen LogP contribution in [0.2, 0.25) is 0 Å². The van der Waals surface area contributed by atoms with Gasteiger partial charge in [-0.3, -0.25) is 14.9 Å². The number of nitro groups is 1. The van der Waals surface area contributed by atoms with Gasteiger partial charge in [0.1, 0.15) is 5.03 Å². The van der Waals surface area contributed by atoms with Gasteiger partial charge in [-0.15, -0.1) is 0 Å². The molecule has 0 aliphatic carbocycles. The zero-order chi connectivity index (χ0) is 18.2. The molecule has 1 aromatic carbocycles. The number of anilines is 1. The van der Waals surface area contributed by atoms with Crippen molar-refractivity contribution in [2.45, 2.75) is 10.8 Å². The van der Waals surface area contributed by atoms with E-state index < -0.39 is 16.6 Å². The van der Waals surface area contributed by atoms with E-state index in [1.807, 2.05) is 0 Å². The Morgan fingerprint density at radius 1 is 1.24 bits per heavy atom. The van der Waals surface area contributed by atoms with Crippen LogP contribution in [-0.2, 0) is 0 Å². The van der Waals surface area contributed by atoms with Crippen molar-refractivity contribution in [2.75, 3.05) is 18.4 Å². The molecule has 1 amide bonds. The highest BCUT2D eigenvalue weighted by Gasteiger charge is 2.16. The van der Waals surface area contributed by atoms with Gasteiger partial charge >= 0.3 is 0 Å². The summed E-state index contributed by atoms with van der Waals surface area (Å²) in [7, 11) is 0. The van der Waals surface area contributed by atoms with Gasteiger partial charge in [0, 0.05) is 37.1 Å². The maximum atomic E-state index is 12.5. The average Bonchev–Trinajstić information content (AvgIpc) is 2.59. The number of thioether (sulfide) groups is 1. The normalized spacial score (nSPS) is 10.5. The number of hydrogen-bond donors (Lipinski definition) is 2. The zero-order valence-electron chi connectivity index (χ0n) is 12.8. The molecule has 0 atom stereocenters. The van der Waals surface area contributed by atoms with Crippen molar-refractivity contribution >= 4 is 29.0 Å². The number of nitrogens with zero attached hydrogens (tertiary/aromatic N) is 2. The third-order valence-corrected chi connectivity index (χ3v) is 3.76. The van der Waals surface area contributed by atoms with Crippen LogP contribution in [0.15, 0.2) is 47.6 Å². The van der Waals surface area contributed by atoms with E-state index in [4.69, 9.17) is 0 Å². The first-order valence-corrected chi connectivity index (χ1v) is 8.01. The molecule has 132 valence electrons. The van der Waals surface area contributed by atoms with E-state index in [9.17, 15) is 23.7 Å². The van der Waals surface area contributed by atoms with Crippen molar-refractivity contribution in [3.8, 4) is 0 Å². The fraction of sp³-hybridized carbons (Fsp3) is 0.200. The summed E-state index contributed by atoms with van der Waals surface area (Å²) in [6.07, 6.45) is 1.34. The molecule has 10 heteroatoms. The predicted octanol–water partition coefficient (Wildman–Crippen LogP) is 3.15. The molecule has 0 saturated heterocycles. The first-order valence-electron chi connectivity index (χ1n) is 7.13. The lowest BCUT2D eigenvalue weighted by molar-refractivity contribution is -0.384. The summed E-state index contributed by atoms with van der Waals surface area (Å²) in [6, 6.07) is 8.77. The molecule has 2 N–H and O–H groups in total. The van der Waals surface area contributed by atoms with Crippen LogP contribution in [-0.4, -0.2) is 34.7 Å². The van der Waals surface area contributed by atoms with Crippen LogP contribution >= 0.6 is 11.8 Å². The Morgan fingerprint density at radius 3 is 2.60 bits per heavy atom. The Balaban J connectivity index is 1.83. The maximum Gasteiger partial charge on any atom is 0.290 e. The monoisotopic (exact) mass is 368 g/mol. The number of amides is 1. The highest BCUT2D eigenvalue weighted by Crippen LogP contribution is 2.26. The zero-order valence-corrected chi connectivity index (χ0v) is 13.6. The standard InChI is InChI=1S/C15H14F2N4O3S/c16-15(17)25-14-12(2-1-7-20-14)13(22)19-9-8-18-10-3-5-11(6-4-10)21(23)24/h1-7,15,18H,8-9H2,(H,19,22). The third-order valence-electron chi connectivity index (χ3n) is 3.03. The van der Waals surface area contributed by atoms with Crippen LogP contribution in [0.3, 0.4) is 0 Å². The largest absolute Gasteiger partial charge is 0.383 e. The molecule has 0 fully saturated rings. The number of halogens is 2. The number of aromatic nitrogens is 1. The topological polar surface area (TPSA) is 97.2 Å². The van der Waals surface area contributed by atoms with Crippen molar-refractivity contribution < 1.29 is 18.5 Å². The van der Waals surface area contributed by atoms with Gasteiger partial charge in [-0.2, -0.15) is 8.78 Å². The number of rotatable bonds is 8. The number of carbonyl (C=O) groups excluding carboxylic acids is 1. The lowest BCUT2D eigenvalue weighted by Crippen LogP contribution is -2.29. The fourth-order valence-electron chi connectivity index (χ4n) is 1.92. The number of alkyl halides is 2. The molecule has 2 aromatic rings. The van der Waals surface area contributed by atoms with Gasteiger partial charge in [-0.05, 0) is 36.0 Å². The predicted molar refractivity (Wildman–Crippen MR) is 90.0 cm³/mol. The van der Waals surface area contributed by atoms with Gasteiger partial charge in [-0.1, -0.05) is 0 Å². The lowest BCUT2D eigenvalue weighted by atomic mass is 10.2. The third kappa shape index (κ3) is 5.68. The molecule has 0 unspecified atom stereocenters. The van der Waals surface area contributed by atoms with Gasteiger partial charge in [0.25, 0.3) is 17.4 Å². The molecule has 1 heterocycles. The van der Waals surface area contributed by atoms with E-state index in [1.165, 1.54) is 30.5 Å². The molecule has 25 heavy (non-hydrogen) atoms. The van der Waals surface area contributed by atoms with Crippen LogP contribution in [0.4, 0.5) is 20.2 Å². The fourth-order valence-corrected chi connectivity index (χ4v) is 2.50. The molecular weight excluding hydrogens is 354 g/mol. The van der Waals surface area contributed by atoms with E-state index in [0.717, 1.165) is 0 Å². The highest BCUT2D eigenvalue weighted by atomic mass is 32.2. The Labute approximate surface area is 146 Å². The van der Waals surface area contributed by atoms with Crippen molar-refractivity contribution in [3.05, 3.63) is 58.3 Å². The minimum absolute atomic E-state index is 0.0144. The number of nitrogens with one attached hydrogen (secondary N) is 2. The number of nitro benzene ring substituents is 1. The van der Waals surface area contributed by atoms with Crippen molar-refractivity contribution in [1.82, 2.24) is 10.3 Å². The molecular formula is C15H14F2N4O3S. The number of pyridine rings is 1. The van der Waals surface area contributed by atoms with Gasteiger partial charge in [0.05, 0.1) is 10.5 Å². The number of benzene rings is 1. The minimum Gasteiger partial charge on any atom is -0.383 e. The second-order valence-corrected chi connectivity index (χ2v) is 5.70. The molecule has 0 bridgehead atoms. The Morgan fingerprint density at radius 2 is 1.96 bits per heavy atom. The molecule has 0 saturated carbocycles. The molecule has 0 radical (unpaired) electrons. The number of carbonyl (C=O) groups is 1. The van der Waals surface area contributed by atoms with E-state index in [0.29, 0.717) is 12.2 Å². The van der Waals surface area contributed by atoms with Crippen molar-refractivity contribution in [1.29, 1.82) is 0 Å². The summed E-state index contributed by atoms with van der Waals surface area (Å²) in [5.41, 5.74) is 0.734. The Bertz CT molecular complexity index is 744. The molecule has 0 spiro atoms. The Kier molecular flexibility index (Phi) is 6.63. The number of hydrogen-bond acceptors (Lipinski definition) is 6.